The summed E-state index contributed by atoms with van der Waals surface area (Å²) in [5.74, 6) is 0.710. The number of halogens is 1. The van der Waals surface area contributed by atoms with Crippen molar-refractivity contribution in [1.82, 2.24) is 0 Å². The summed E-state index contributed by atoms with van der Waals surface area (Å²) < 4.78 is 6.46. The van der Waals surface area contributed by atoms with Gasteiger partial charge in [0.15, 0.2) is 5.78 Å². The first-order valence-electron chi connectivity index (χ1n) is 9.77. The fourth-order valence-electron chi connectivity index (χ4n) is 4.14. The van der Waals surface area contributed by atoms with E-state index < -0.39 is 0 Å². The predicted molar refractivity (Wildman–Crippen MR) is 117 cm³/mol. The maximum atomic E-state index is 13.2. The van der Waals surface area contributed by atoms with Crippen molar-refractivity contribution in [3.8, 4) is 5.75 Å². The monoisotopic (exact) mass is 451 g/mol. The molecule has 1 aliphatic carbocycles. The number of ether oxygens (including phenoxy) is 1. The molecule has 0 bridgehead atoms. The zero-order chi connectivity index (χ0) is 20.4. The molecule has 0 spiro atoms. The minimum absolute atomic E-state index is 0.0218. The molecular formula is C24H22BrNO3. The highest BCUT2D eigenvalue weighted by molar-refractivity contribution is 9.10. The van der Waals surface area contributed by atoms with Gasteiger partial charge in [-0.25, -0.2) is 0 Å². The second-order valence-corrected chi connectivity index (χ2v) is 8.19. The molecule has 0 radical (unpaired) electrons. The van der Waals surface area contributed by atoms with Crippen LogP contribution in [0.15, 0.2) is 76.9 Å². The van der Waals surface area contributed by atoms with E-state index in [0.29, 0.717) is 13.0 Å². The van der Waals surface area contributed by atoms with Gasteiger partial charge >= 0.3 is 0 Å². The average Bonchev–Trinajstić information content (AvgIpc) is 2.72. The Morgan fingerprint density at radius 3 is 2.66 bits per heavy atom. The summed E-state index contributed by atoms with van der Waals surface area (Å²) in [5.41, 5.74) is 3.42. The Kier molecular flexibility index (Phi) is 5.67. The lowest BCUT2D eigenvalue weighted by atomic mass is 9.77. The molecule has 0 saturated carbocycles. The third-order valence-electron chi connectivity index (χ3n) is 5.39. The van der Waals surface area contributed by atoms with Crippen LogP contribution in [0, 0.1) is 0 Å². The number of Topliss-reactive ketones (excluding diaryl/α,β-unsaturated/α-hetero) is 1. The number of carbonyl (C=O) groups excluding carboxylic acids is 2. The Labute approximate surface area is 179 Å². The Morgan fingerprint density at radius 2 is 1.93 bits per heavy atom. The van der Waals surface area contributed by atoms with Crippen molar-refractivity contribution in [3.05, 3.63) is 82.5 Å². The Balaban J connectivity index is 1.75. The van der Waals surface area contributed by atoms with E-state index in [1.54, 1.807) is 11.0 Å². The molecule has 0 fully saturated rings. The van der Waals surface area contributed by atoms with Gasteiger partial charge in [-0.1, -0.05) is 46.8 Å². The second-order valence-electron chi connectivity index (χ2n) is 7.27. The SMILES string of the molecule is C=CCOc1ccc(C2CC(=O)N(c3cccc(Br)c3)C3=C2C(=O)CCC3)cc1. The molecule has 4 rings (SSSR count). The molecule has 1 amide bonds. The van der Waals surface area contributed by atoms with E-state index in [9.17, 15) is 9.59 Å². The lowest BCUT2D eigenvalue weighted by molar-refractivity contribution is -0.119. The van der Waals surface area contributed by atoms with Crippen LogP contribution >= 0.6 is 15.9 Å². The highest BCUT2D eigenvalue weighted by Crippen LogP contribution is 2.43. The second kappa shape index (κ2) is 8.37. The molecule has 1 atom stereocenters. The summed E-state index contributed by atoms with van der Waals surface area (Å²) in [6, 6.07) is 15.4. The molecule has 0 saturated heterocycles. The number of benzene rings is 2. The molecule has 5 heteroatoms. The van der Waals surface area contributed by atoms with Crippen molar-refractivity contribution >= 4 is 33.3 Å². The normalized spacial score (nSPS) is 19.2. The summed E-state index contributed by atoms with van der Waals surface area (Å²) >= 11 is 3.48. The Hall–Kier alpha value is -2.66. The van der Waals surface area contributed by atoms with E-state index in [2.05, 4.69) is 22.5 Å². The topological polar surface area (TPSA) is 46.6 Å². The molecule has 2 aromatic carbocycles. The van der Waals surface area contributed by atoms with E-state index in [4.69, 9.17) is 4.74 Å². The molecular weight excluding hydrogens is 430 g/mol. The lowest BCUT2D eigenvalue weighted by Gasteiger charge is -2.38. The fraction of sp³-hybridized carbons (Fsp3) is 0.250. The Bertz CT molecular complexity index is 993. The van der Waals surface area contributed by atoms with Crippen molar-refractivity contribution in [1.29, 1.82) is 0 Å². The van der Waals surface area contributed by atoms with Gasteiger partial charge in [0.25, 0.3) is 0 Å². The quantitative estimate of drug-likeness (QED) is 0.560. The Morgan fingerprint density at radius 1 is 1.14 bits per heavy atom. The van der Waals surface area contributed by atoms with E-state index in [1.807, 2.05) is 48.5 Å². The molecule has 4 nitrogen and oxygen atoms in total. The third-order valence-corrected chi connectivity index (χ3v) is 5.89. The molecule has 0 aromatic heterocycles. The highest BCUT2D eigenvalue weighted by Gasteiger charge is 2.39. The molecule has 1 heterocycles. The van der Waals surface area contributed by atoms with Crippen LogP contribution in [-0.2, 0) is 9.59 Å². The van der Waals surface area contributed by atoms with E-state index >= 15 is 0 Å². The smallest absolute Gasteiger partial charge is 0.232 e. The maximum absolute atomic E-state index is 13.2. The standard InChI is InChI=1S/C24H22BrNO3/c1-2-13-29-19-11-9-16(10-12-19)20-15-23(28)26(18-6-3-5-17(25)14-18)21-7-4-8-22(27)24(20)21/h2-3,5-6,9-12,14,20H,1,4,7-8,13,15H2. The first kappa shape index (κ1) is 19.6. The highest BCUT2D eigenvalue weighted by atomic mass is 79.9. The molecule has 148 valence electrons. The van der Waals surface area contributed by atoms with E-state index in [1.165, 1.54) is 0 Å². The summed E-state index contributed by atoms with van der Waals surface area (Å²) in [5, 5.41) is 0. The van der Waals surface area contributed by atoms with Gasteiger partial charge in [-0.15, -0.1) is 0 Å². The van der Waals surface area contributed by atoms with Gasteiger partial charge in [0.2, 0.25) is 5.91 Å². The van der Waals surface area contributed by atoms with Gasteiger partial charge in [0, 0.05) is 40.2 Å². The van der Waals surface area contributed by atoms with E-state index in [-0.39, 0.29) is 24.0 Å². The summed E-state index contributed by atoms with van der Waals surface area (Å²) in [6.07, 6.45) is 4.02. The first-order chi connectivity index (χ1) is 14.1. The zero-order valence-corrected chi connectivity index (χ0v) is 17.7. The summed E-state index contributed by atoms with van der Waals surface area (Å²) in [6.45, 7) is 4.09. The number of hydrogen-bond donors (Lipinski definition) is 0. The number of carbonyl (C=O) groups is 2. The van der Waals surface area contributed by atoms with Crippen molar-refractivity contribution in [2.45, 2.75) is 31.6 Å². The van der Waals surface area contributed by atoms with Crippen LogP contribution in [0.1, 0.15) is 37.2 Å². The minimum Gasteiger partial charge on any atom is -0.490 e. The minimum atomic E-state index is -0.206. The molecule has 1 aliphatic heterocycles. The van der Waals surface area contributed by atoms with Gasteiger partial charge in [0.05, 0.1) is 0 Å². The zero-order valence-electron chi connectivity index (χ0n) is 16.1. The lowest BCUT2D eigenvalue weighted by Crippen LogP contribution is -2.40. The van der Waals surface area contributed by atoms with Gasteiger partial charge in [-0.05, 0) is 48.7 Å². The predicted octanol–water partition coefficient (Wildman–Crippen LogP) is 5.54. The summed E-state index contributed by atoms with van der Waals surface area (Å²) in [4.78, 5) is 27.9. The van der Waals surface area contributed by atoms with Crippen LogP contribution in [0.3, 0.4) is 0 Å². The van der Waals surface area contributed by atoms with Crippen LogP contribution in [0.2, 0.25) is 0 Å². The first-order valence-corrected chi connectivity index (χ1v) is 10.6. The van der Waals surface area contributed by atoms with Gasteiger partial charge in [-0.3, -0.25) is 14.5 Å². The van der Waals surface area contributed by atoms with Crippen molar-refractivity contribution in [2.75, 3.05) is 11.5 Å². The number of ketones is 1. The van der Waals surface area contributed by atoms with E-state index in [0.717, 1.165) is 45.6 Å². The van der Waals surface area contributed by atoms with Crippen LogP contribution in [0.5, 0.6) is 5.75 Å². The fourth-order valence-corrected chi connectivity index (χ4v) is 4.53. The van der Waals surface area contributed by atoms with Crippen molar-refractivity contribution < 1.29 is 14.3 Å². The average molecular weight is 452 g/mol. The van der Waals surface area contributed by atoms with Crippen LogP contribution in [-0.4, -0.2) is 18.3 Å². The van der Waals surface area contributed by atoms with Gasteiger partial charge in [0.1, 0.15) is 12.4 Å². The van der Waals surface area contributed by atoms with Crippen LogP contribution in [0.4, 0.5) is 5.69 Å². The molecule has 29 heavy (non-hydrogen) atoms. The van der Waals surface area contributed by atoms with Crippen molar-refractivity contribution in [3.63, 3.8) is 0 Å². The number of nitrogens with zero attached hydrogens (tertiary/aromatic N) is 1. The van der Waals surface area contributed by atoms with Crippen molar-refractivity contribution in [2.24, 2.45) is 0 Å². The maximum Gasteiger partial charge on any atom is 0.232 e. The molecule has 2 aliphatic rings. The van der Waals surface area contributed by atoms with Crippen LogP contribution < -0.4 is 9.64 Å². The molecule has 0 N–H and O–H groups in total. The van der Waals surface area contributed by atoms with Crippen LogP contribution in [0.25, 0.3) is 0 Å². The number of allylic oxidation sites excluding steroid dienone is 2. The van der Waals surface area contributed by atoms with Gasteiger partial charge < -0.3 is 4.74 Å². The number of hydrogen-bond acceptors (Lipinski definition) is 3. The summed E-state index contributed by atoms with van der Waals surface area (Å²) in [7, 11) is 0. The third kappa shape index (κ3) is 3.92. The number of amides is 1. The van der Waals surface area contributed by atoms with Gasteiger partial charge in [-0.2, -0.15) is 0 Å². The largest absolute Gasteiger partial charge is 0.490 e. The number of anilines is 1. The number of rotatable bonds is 5. The molecule has 1 unspecified atom stereocenters. The molecule has 2 aromatic rings.